The summed E-state index contributed by atoms with van der Waals surface area (Å²) in [5.41, 5.74) is 1.18. The third-order valence-corrected chi connectivity index (χ3v) is 4.84. The molecule has 5 nitrogen and oxygen atoms in total. The minimum Gasteiger partial charge on any atom is -0.493 e. The van der Waals surface area contributed by atoms with Crippen LogP contribution in [0.15, 0.2) is 18.2 Å². The van der Waals surface area contributed by atoms with Crippen LogP contribution >= 0.6 is 0 Å². The highest BCUT2D eigenvalue weighted by molar-refractivity contribution is 5.72. The zero-order valence-electron chi connectivity index (χ0n) is 15.7. The summed E-state index contributed by atoms with van der Waals surface area (Å²) in [5.74, 6) is 1.59. The van der Waals surface area contributed by atoms with E-state index in [0.29, 0.717) is 12.6 Å². The van der Waals surface area contributed by atoms with E-state index in [2.05, 4.69) is 18.3 Å². The zero-order valence-corrected chi connectivity index (χ0v) is 15.7. The Morgan fingerprint density at radius 2 is 1.92 bits per heavy atom. The molecule has 0 radical (unpaired) electrons. The Bertz CT molecular complexity index is 538. The predicted molar refractivity (Wildman–Crippen MR) is 98.0 cm³/mol. The molecule has 0 spiro atoms. The fourth-order valence-electron chi connectivity index (χ4n) is 3.23. The number of hydrogen-bond acceptors (Lipinski definition) is 5. The van der Waals surface area contributed by atoms with Gasteiger partial charge < -0.3 is 19.5 Å². The van der Waals surface area contributed by atoms with E-state index in [1.807, 2.05) is 12.1 Å². The van der Waals surface area contributed by atoms with Gasteiger partial charge in [0.25, 0.3) is 0 Å². The number of carbonyl (C=O) groups excluding carboxylic acids is 1. The van der Waals surface area contributed by atoms with Crippen LogP contribution in [0, 0.1) is 5.92 Å². The van der Waals surface area contributed by atoms with E-state index >= 15 is 0 Å². The van der Waals surface area contributed by atoms with Gasteiger partial charge in [-0.05, 0) is 49.8 Å². The molecule has 1 fully saturated rings. The Morgan fingerprint density at radius 1 is 1.16 bits per heavy atom. The van der Waals surface area contributed by atoms with E-state index in [9.17, 15) is 4.79 Å². The SMILES string of the molecule is CCCCOc1ccc(CNC2CCC(C(=O)OC)CC2)cc1OC. The van der Waals surface area contributed by atoms with Crippen LogP contribution in [0.2, 0.25) is 0 Å². The van der Waals surface area contributed by atoms with E-state index in [-0.39, 0.29) is 11.9 Å². The van der Waals surface area contributed by atoms with Crippen LogP contribution in [0.3, 0.4) is 0 Å². The number of benzene rings is 1. The van der Waals surface area contributed by atoms with Crippen LogP contribution in [-0.4, -0.2) is 32.8 Å². The van der Waals surface area contributed by atoms with E-state index < -0.39 is 0 Å². The second-order valence-corrected chi connectivity index (χ2v) is 6.64. The Balaban J connectivity index is 1.82. The summed E-state index contributed by atoms with van der Waals surface area (Å²) in [5, 5.41) is 3.59. The van der Waals surface area contributed by atoms with Crippen molar-refractivity contribution in [2.75, 3.05) is 20.8 Å². The lowest BCUT2D eigenvalue weighted by molar-refractivity contribution is -0.146. The van der Waals surface area contributed by atoms with Crippen molar-refractivity contribution in [1.82, 2.24) is 5.32 Å². The molecule has 1 aromatic rings. The van der Waals surface area contributed by atoms with Gasteiger partial charge in [0, 0.05) is 12.6 Å². The van der Waals surface area contributed by atoms with Crippen molar-refractivity contribution in [2.45, 2.75) is 58.0 Å². The van der Waals surface area contributed by atoms with Gasteiger partial charge in [-0.25, -0.2) is 0 Å². The molecule has 5 heteroatoms. The molecule has 0 saturated heterocycles. The van der Waals surface area contributed by atoms with Gasteiger partial charge >= 0.3 is 5.97 Å². The highest BCUT2D eigenvalue weighted by Gasteiger charge is 2.26. The quantitative estimate of drug-likeness (QED) is 0.544. The third-order valence-electron chi connectivity index (χ3n) is 4.84. The molecule has 1 aliphatic carbocycles. The van der Waals surface area contributed by atoms with Crippen molar-refractivity contribution in [3.8, 4) is 11.5 Å². The molecule has 25 heavy (non-hydrogen) atoms. The van der Waals surface area contributed by atoms with Gasteiger partial charge in [-0.2, -0.15) is 0 Å². The number of esters is 1. The van der Waals surface area contributed by atoms with E-state index in [1.165, 1.54) is 12.7 Å². The van der Waals surface area contributed by atoms with Crippen molar-refractivity contribution >= 4 is 5.97 Å². The lowest BCUT2D eigenvalue weighted by Gasteiger charge is -2.27. The maximum absolute atomic E-state index is 11.6. The number of rotatable bonds is 9. The summed E-state index contributed by atoms with van der Waals surface area (Å²) in [6.07, 6.45) is 5.98. The molecule has 0 bridgehead atoms. The molecule has 0 aliphatic heterocycles. The summed E-state index contributed by atoms with van der Waals surface area (Å²) in [6.45, 7) is 3.65. The summed E-state index contributed by atoms with van der Waals surface area (Å²) >= 11 is 0. The summed E-state index contributed by atoms with van der Waals surface area (Å²) < 4.78 is 16.1. The van der Waals surface area contributed by atoms with Gasteiger partial charge in [0.2, 0.25) is 0 Å². The first kappa shape index (κ1) is 19.6. The minimum absolute atomic E-state index is 0.0677. The average molecular weight is 349 g/mol. The van der Waals surface area contributed by atoms with Crippen molar-refractivity contribution in [1.29, 1.82) is 0 Å². The molecular formula is C20H31NO4. The maximum atomic E-state index is 11.6. The second kappa shape index (κ2) is 10.3. The number of hydrogen-bond donors (Lipinski definition) is 1. The van der Waals surface area contributed by atoms with Crippen LogP contribution in [0.25, 0.3) is 0 Å². The number of carbonyl (C=O) groups is 1. The number of unbranched alkanes of at least 4 members (excludes halogenated alkanes) is 1. The summed E-state index contributed by atoms with van der Waals surface area (Å²) in [7, 11) is 3.14. The van der Waals surface area contributed by atoms with Crippen LogP contribution in [0.4, 0.5) is 0 Å². The zero-order chi connectivity index (χ0) is 18.1. The second-order valence-electron chi connectivity index (χ2n) is 6.64. The molecular weight excluding hydrogens is 318 g/mol. The van der Waals surface area contributed by atoms with Crippen LogP contribution in [-0.2, 0) is 16.1 Å². The van der Waals surface area contributed by atoms with E-state index in [0.717, 1.165) is 56.6 Å². The third kappa shape index (κ3) is 5.92. The lowest BCUT2D eigenvalue weighted by Crippen LogP contribution is -2.34. The smallest absolute Gasteiger partial charge is 0.308 e. The topological polar surface area (TPSA) is 56.8 Å². The molecule has 1 N–H and O–H groups in total. The lowest BCUT2D eigenvalue weighted by atomic mass is 9.86. The van der Waals surface area contributed by atoms with Crippen molar-refractivity contribution in [3.05, 3.63) is 23.8 Å². The Hall–Kier alpha value is -1.75. The van der Waals surface area contributed by atoms with E-state index in [1.54, 1.807) is 7.11 Å². The Kier molecular flexibility index (Phi) is 8.06. The van der Waals surface area contributed by atoms with Gasteiger partial charge in [0.15, 0.2) is 11.5 Å². The summed E-state index contributed by atoms with van der Waals surface area (Å²) in [6, 6.07) is 6.55. The summed E-state index contributed by atoms with van der Waals surface area (Å²) in [4.78, 5) is 11.6. The van der Waals surface area contributed by atoms with Crippen LogP contribution in [0.5, 0.6) is 11.5 Å². The molecule has 140 valence electrons. The van der Waals surface area contributed by atoms with Gasteiger partial charge in [-0.1, -0.05) is 19.4 Å². The molecule has 1 aromatic carbocycles. The van der Waals surface area contributed by atoms with Gasteiger partial charge in [-0.3, -0.25) is 4.79 Å². The predicted octanol–water partition coefficient (Wildman–Crippen LogP) is 3.70. The molecule has 0 unspecified atom stereocenters. The molecule has 0 atom stereocenters. The normalized spacial score (nSPS) is 20.1. The van der Waals surface area contributed by atoms with E-state index in [4.69, 9.17) is 14.2 Å². The number of nitrogens with one attached hydrogen (secondary N) is 1. The monoisotopic (exact) mass is 349 g/mol. The van der Waals surface area contributed by atoms with Crippen LogP contribution in [0.1, 0.15) is 51.0 Å². The van der Waals surface area contributed by atoms with Crippen LogP contribution < -0.4 is 14.8 Å². The highest BCUT2D eigenvalue weighted by Crippen LogP contribution is 2.29. The molecule has 0 heterocycles. The number of ether oxygens (including phenoxy) is 3. The Labute approximate surface area is 151 Å². The van der Waals surface area contributed by atoms with Crippen molar-refractivity contribution < 1.29 is 19.0 Å². The number of methoxy groups -OCH3 is 2. The first-order valence-electron chi connectivity index (χ1n) is 9.28. The average Bonchev–Trinajstić information content (AvgIpc) is 2.67. The molecule has 0 amide bonds. The van der Waals surface area contributed by atoms with Crippen molar-refractivity contribution in [3.63, 3.8) is 0 Å². The fraction of sp³-hybridized carbons (Fsp3) is 0.650. The molecule has 2 rings (SSSR count). The molecule has 1 aliphatic rings. The fourth-order valence-corrected chi connectivity index (χ4v) is 3.23. The van der Waals surface area contributed by atoms with Gasteiger partial charge in [0.05, 0.1) is 26.7 Å². The largest absolute Gasteiger partial charge is 0.493 e. The molecule has 1 saturated carbocycles. The first-order valence-corrected chi connectivity index (χ1v) is 9.28. The minimum atomic E-state index is -0.0677. The maximum Gasteiger partial charge on any atom is 0.308 e. The van der Waals surface area contributed by atoms with Crippen molar-refractivity contribution in [2.24, 2.45) is 5.92 Å². The van der Waals surface area contributed by atoms with Gasteiger partial charge in [0.1, 0.15) is 0 Å². The first-order chi connectivity index (χ1) is 12.2. The highest BCUT2D eigenvalue weighted by atomic mass is 16.5. The Morgan fingerprint density at radius 3 is 2.56 bits per heavy atom. The standard InChI is InChI=1S/C20H31NO4/c1-4-5-12-25-18-11-6-15(13-19(18)23-2)14-21-17-9-7-16(8-10-17)20(22)24-3/h6,11,13,16-17,21H,4-5,7-10,12,14H2,1-3H3. The molecule has 0 aromatic heterocycles. The van der Waals surface area contributed by atoms with Gasteiger partial charge in [-0.15, -0.1) is 0 Å².